The van der Waals surface area contributed by atoms with Gasteiger partial charge >= 0.3 is 0 Å². The maximum atomic E-state index is 12.9. The zero-order valence-electron chi connectivity index (χ0n) is 14.7. The van der Waals surface area contributed by atoms with Crippen LogP contribution in [0.2, 0.25) is 0 Å². The Morgan fingerprint density at radius 2 is 1.38 bits per heavy atom. The molecule has 0 aromatic heterocycles. The van der Waals surface area contributed by atoms with Gasteiger partial charge in [-0.05, 0) is 24.1 Å². The fourth-order valence-electron chi connectivity index (χ4n) is 3.29. The first-order chi connectivity index (χ1) is 12.6. The zero-order chi connectivity index (χ0) is 18.7. The SMILES string of the molecule is COC(OC)[C@@H](O)[C@H](Cc1ccccc1)N1C(=O)c2ccccc2C1=O. The van der Waals surface area contributed by atoms with E-state index in [9.17, 15) is 14.7 Å². The van der Waals surface area contributed by atoms with E-state index in [0.29, 0.717) is 11.1 Å². The third-order valence-corrected chi connectivity index (χ3v) is 4.58. The number of fused-ring (bicyclic) bond motifs is 1. The highest BCUT2D eigenvalue weighted by atomic mass is 16.7. The molecule has 1 aliphatic rings. The van der Waals surface area contributed by atoms with Crippen molar-refractivity contribution in [2.24, 2.45) is 0 Å². The summed E-state index contributed by atoms with van der Waals surface area (Å²) in [6, 6.07) is 15.2. The largest absolute Gasteiger partial charge is 0.386 e. The van der Waals surface area contributed by atoms with E-state index in [1.165, 1.54) is 14.2 Å². The molecule has 1 heterocycles. The summed E-state index contributed by atoms with van der Waals surface area (Å²) in [5.41, 5.74) is 1.57. The van der Waals surface area contributed by atoms with Crippen molar-refractivity contribution in [3.8, 4) is 0 Å². The van der Waals surface area contributed by atoms with Gasteiger partial charge in [0.1, 0.15) is 6.10 Å². The molecular weight excluding hydrogens is 334 g/mol. The van der Waals surface area contributed by atoms with Crippen molar-refractivity contribution in [3.63, 3.8) is 0 Å². The van der Waals surface area contributed by atoms with Crippen LogP contribution < -0.4 is 0 Å². The average Bonchev–Trinajstić information content (AvgIpc) is 2.93. The number of ether oxygens (including phenoxy) is 2. The molecule has 3 rings (SSSR count). The third kappa shape index (κ3) is 3.26. The summed E-state index contributed by atoms with van der Waals surface area (Å²) < 4.78 is 10.3. The second kappa shape index (κ2) is 7.78. The molecule has 136 valence electrons. The fourth-order valence-corrected chi connectivity index (χ4v) is 3.29. The minimum absolute atomic E-state index is 0.288. The van der Waals surface area contributed by atoms with Crippen LogP contribution in [0.3, 0.4) is 0 Å². The van der Waals surface area contributed by atoms with E-state index in [2.05, 4.69) is 0 Å². The van der Waals surface area contributed by atoms with Gasteiger partial charge in [-0.15, -0.1) is 0 Å². The summed E-state index contributed by atoms with van der Waals surface area (Å²) in [4.78, 5) is 26.8. The second-order valence-electron chi connectivity index (χ2n) is 6.11. The van der Waals surface area contributed by atoms with Gasteiger partial charge in [0.2, 0.25) is 0 Å². The molecule has 0 bridgehead atoms. The van der Waals surface area contributed by atoms with Crippen molar-refractivity contribution in [2.45, 2.75) is 24.9 Å². The van der Waals surface area contributed by atoms with Gasteiger partial charge in [0.25, 0.3) is 11.8 Å². The molecule has 0 spiro atoms. The topological polar surface area (TPSA) is 76.1 Å². The maximum Gasteiger partial charge on any atom is 0.261 e. The van der Waals surface area contributed by atoms with Crippen LogP contribution >= 0.6 is 0 Å². The first-order valence-electron chi connectivity index (χ1n) is 8.33. The summed E-state index contributed by atoms with van der Waals surface area (Å²) in [5, 5.41) is 10.8. The van der Waals surface area contributed by atoms with Gasteiger partial charge in [-0.1, -0.05) is 42.5 Å². The Morgan fingerprint density at radius 3 is 1.88 bits per heavy atom. The molecule has 6 nitrogen and oxygen atoms in total. The number of carbonyl (C=O) groups excluding carboxylic acids is 2. The van der Waals surface area contributed by atoms with Crippen LogP contribution in [-0.2, 0) is 15.9 Å². The molecule has 26 heavy (non-hydrogen) atoms. The number of hydrogen-bond donors (Lipinski definition) is 1. The Balaban J connectivity index is 1.98. The predicted octanol–water partition coefficient (Wildman–Crippen LogP) is 1.87. The van der Waals surface area contributed by atoms with Gasteiger partial charge in [-0.3, -0.25) is 14.5 Å². The van der Waals surface area contributed by atoms with E-state index >= 15 is 0 Å². The highest BCUT2D eigenvalue weighted by Crippen LogP contribution is 2.28. The van der Waals surface area contributed by atoms with Crippen LogP contribution in [0, 0.1) is 0 Å². The lowest BCUT2D eigenvalue weighted by atomic mass is 9.99. The lowest BCUT2D eigenvalue weighted by Gasteiger charge is -2.33. The molecule has 1 N–H and O–H groups in total. The first-order valence-corrected chi connectivity index (χ1v) is 8.33. The van der Waals surface area contributed by atoms with Crippen LogP contribution in [-0.4, -0.2) is 54.5 Å². The molecule has 2 atom stereocenters. The third-order valence-electron chi connectivity index (χ3n) is 4.58. The molecule has 0 aliphatic carbocycles. The number of benzene rings is 2. The summed E-state index contributed by atoms with van der Waals surface area (Å²) in [5.74, 6) is -0.840. The fraction of sp³-hybridized carbons (Fsp3) is 0.300. The second-order valence-corrected chi connectivity index (χ2v) is 6.11. The number of rotatable bonds is 7. The van der Waals surface area contributed by atoms with Crippen LogP contribution in [0.1, 0.15) is 26.3 Å². The average molecular weight is 355 g/mol. The van der Waals surface area contributed by atoms with Crippen LogP contribution in [0.4, 0.5) is 0 Å². The summed E-state index contributed by atoms with van der Waals surface area (Å²) in [6.45, 7) is 0. The molecular formula is C20H21NO5. The molecule has 1 aliphatic heterocycles. The van der Waals surface area contributed by atoms with Crippen LogP contribution in [0.15, 0.2) is 54.6 Å². The number of carbonyl (C=O) groups is 2. The van der Waals surface area contributed by atoms with Crippen molar-refractivity contribution in [3.05, 3.63) is 71.3 Å². The number of aliphatic hydroxyl groups is 1. The lowest BCUT2D eigenvalue weighted by Crippen LogP contribution is -2.53. The van der Waals surface area contributed by atoms with Gasteiger partial charge in [-0.25, -0.2) is 0 Å². The lowest BCUT2D eigenvalue weighted by molar-refractivity contribution is -0.176. The Morgan fingerprint density at radius 1 is 0.885 bits per heavy atom. The Bertz CT molecular complexity index is 753. The molecule has 0 saturated carbocycles. The normalized spacial score (nSPS) is 16.1. The Labute approximate surface area is 152 Å². The molecule has 2 aromatic carbocycles. The minimum Gasteiger partial charge on any atom is -0.386 e. The Hall–Kier alpha value is -2.54. The summed E-state index contributed by atoms with van der Waals surface area (Å²) in [7, 11) is 2.80. The molecule has 0 fully saturated rings. The summed E-state index contributed by atoms with van der Waals surface area (Å²) in [6.07, 6.45) is -1.88. The van der Waals surface area contributed by atoms with Crippen molar-refractivity contribution in [1.82, 2.24) is 4.90 Å². The number of methoxy groups -OCH3 is 2. The monoisotopic (exact) mass is 355 g/mol. The molecule has 0 saturated heterocycles. The van der Waals surface area contributed by atoms with E-state index in [4.69, 9.17) is 9.47 Å². The number of imide groups is 1. The van der Waals surface area contributed by atoms with E-state index in [1.54, 1.807) is 24.3 Å². The van der Waals surface area contributed by atoms with Gasteiger partial charge in [0, 0.05) is 14.2 Å². The number of nitrogens with zero attached hydrogens (tertiary/aromatic N) is 1. The van der Waals surface area contributed by atoms with Gasteiger partial charge in [0.05, 0.1) is 17.2 Å². The smallest absolute Gasteiger partial charge is 0.261 e. The summed E-state index contributed by atoms with van der Waals surface area (Å²) >= 11 is 0. The Kier molecular flexibility index (Phi) is 5.46. The van der Waals surface area contributed by atoms with Crippen LogP contribution in [0.5, 0.6) is 0 Å². The minimum atomic E-state index is -1.20. The molecule has 6 heteroatoms. The van der Waals surface area contributed by atoms with E-state index in [1.807, 2.05) is 30.3 Å². The van der Waals surface area contributed by atoms with Gasteiger partial charge in [0.15, 0.2) is 6.29 Å². The van der Waals surface area contributed by atoms with E-state index in [-0.39, 0.29) is 6.42 Å². The quantitative estimate of drug-likeness (QED) is 0.606. The molecule has 0 radical (unpaired) electrons. The number of aliphatic hydroxyl groups excluding tert-OH is 1. The van der Waals surface area contributed by atoms with E-state index < -0.39 is 30.3 Å². The molecule has 2 amide bonds. The number of hydrogen-bond acceptors (Lipinski definition) is 5. The van der Waals surface area contributed by atoms with Gasteiger partial charge < -0.3 is 14.6 Å². The standard InChI is InChI=1S/C20H21NO5/c1-25-20(26-2)17(22)16(12-13-8-4-3-5-9-13)21-18(23)14-10-6-7-11-15(14)19(21)24/h3-11,16-17,20,22H,12H2,1-2H3/t16-,17-/m0/s1. The zero-order valence-corrected chi connectivity index (χ0v) is 14.7. The van der Waals surface area contributed by atoms with Crippen LogP contribution in [0.25, 0.3) is 0 Å². The highest BCUT2D eigenvalue weighted by Gasteiger charge is 2.44. The maximum absolute atomic E-state index is 12.9. The predicted molar refractivity (Wildman–Crippen MR) is 94.7 cm³/mol. The van der Waals surface area contributed by atoms with E-state index in [0.717, 1.165) is 10.5 Å². The van der Waals surface area contributed by atoms with Crippen molar-refractivity contribution in [2.75, 3.05) is 14.2 Å². The number of amides is 2. The highest BCUT2D eigenvalue weighted by molar-refractivity contribution is 6.21. The molecule has 2 aromatic rings. The van der Waals surface area contributed by atoms with Crippen molar-refractivity contribution >= 4 is 11.8 Å². The van der Waals surface area contributed by atoms with Crippen molar-refractivity contribution in [1.29, 1.82) is 0 Å². The molecule has 0 unspecified atom stereocenters. The van der Waals surface area contributed by atoms with Crippen molar-refractivity contribution < 1.29 is 24.2 Å². The van der Waals surface area contributed by atoms with Gasteiger partial charge in [-0.2, -0.15) is 0 Å². The first kappa shape index (κ1) is 18.3.